The number of nitrogens with zero attached hydrogens (tertiary/aromatic N) is 2. The smallest absolute Gasteiger partial charge is 0.337 e. The van der Waals surface area contributed by atoms with E-state index in [2.05, 4.69) is 15.5 Å². The van der Waals surface area contributed by atoms with Crippen molar-refractivity contribution < 1.29 is 14.4 Å². The molecule has 2 rings (SSSR count). The Kier molecular flexibility index (Phi) is 3.13. The Bertz CT molecular complexity index is 579. The number of nitrogen functional groups attached to an aromatic ring is 1. The van der Waals surface area contributed by atoms with Gasteiger partial charge in [0.2, 0.25) is 5.89 Å². The predicted octanol–water partition coefficient (Wildman–Crippen LogP) is 1.27. The number of rotatable bonds is 4. The van der Waals surface area contributed by atoms with Gasteiger partial charge in [-0.15, -0.1) is 0 Å². The van der Waals surface area contributed by atoms with E-state index in [1.54, 1.807) is 19.1 Å². The van der Waals surface area contributed by atoms with E-state index >= 15 is 0 Å². The van der Waals surface area contributed by atoms with Crippen LogP contribution in [0.1, 0.15) is 22.1 Å². The molecule has 0 bridgehead atoms. The average molecular weight is 248 g/mol. The van der Waals surface area contributed by atoms with Crippen molar-refractivity contribution in [2.45, 2.75) is 13.5 Å². The van der Waals surface area contributed by atoms with Gasteiger partial charge in [-0.3, -0.25) is 0 Å². The maximum atomic E-state index is 10.8. The number of aromatic nitrogens is 2. The molecule has 0 atom stereocenters. The summed E-state index contributed by atoms with van der Waals surface area (Å²) in [5, 5.41) is 15.6. The molecule has 94 valence electrons. The Morgan fingerprint density at radius 1 is 1.56 bits per heavy atom. The molecule has 0 aliphatic heterocycles. The molecule has 0 spiro atoms. The Labute approximate surface area is 103 Å². The van der Waals surface area contributed by atoms with E-state index in [4.69, 9.17) is 15.4 Å². The van der Waals surface area contributed by atoms with Crippen molar-refractivity contribution in [3.63, 3.8) is 0 Å². The van der Waals surface area contributed by atoms with Gasteiger partial charge in [0.25, 0.3) is 0 Å². The molecule has 1 heterocycles. The van der Waals surface area contributed by atoms with Crippen LogP contribution in [0.4, 0.5) is 11.4 Å². The first-order valence-corrected chi connectivity index (χ1v) is 5.22. The fourth-order valence-electron chi connectivity index (χ4n) is 1.46. The van der Waals surface area contributed by atoms with E-state index in [0.717, 1.165) is 0 Å². The topological polar surface area (TPSA) is 114 Å². The maximum Gasteiger partial charge on any atom is 0.337 e. The Hall–Kier alpha value is -2.57. The summed E-state index contributed by atoms with van der Waals surface area (Å²) in [5.41, 5.74) is 6.60. The molecule has 18 heavy (non-hydrogen) atoms. The summed E-state index contributed by atoms with van der Waals surface area (Å²) in [7, 11) is 0. The van der Waals surface area contributed by atoms with Gasteiger partial charge in [-0.05, 0) is 18.2 Å². The Balaban J connectivity index is 2.06. The summed E-state index contributed by atoms with van der Waals surface area (Å²) in [6.45, 7) is 2.08. The lowest BCUT2D eigenvalue weighted by Gasteiger charge is -2.06. The number of carboxylic acids is 1. The first kappa shape index (κ1) is 11.9. The summed E-state index contributed by atoms with van der Waals surface area (Å²) in [6, 6.07) is 4.63. The third-order valence-electron chi connectivity index (χ3n) is 2.30. The lowest BCUT2D eigenvalue weighted by atomic mass is 10.1. The number of aromatic carboxylic acids is 1. The zero-order valence-electron chi connectivity index (χ0n) is 9.67. The second-order valence-corrected chi connectivity index (χ2v) is 3.69. The first-order chi connectivity index (χ1) is 8.56. The van der Waals surface area contributed by atoms with Crippen molar-refractivity contribution in [3.8, 4) is 0 Å². The number of anilines is 2. The molecular weight excluding hydrogens is 236 g/mol. The largest absolute Gasteiger partial charge is 0.478 e. The molecule has 0 radical (unpaired) electrons. The molecule has 0 unspecified atom stereocenters. The highest BCUT2D eigenvalue weighted by molar-refractivity contribution is 5.94. The van der Waals surface area contributed by atoms with Crippen LogP contribution in [0.15, 0.2) is 22.7 Å². The van der Waals surface area contributed by atoms with Gasteiger partial charge in [0.05, 0.1) is 12.1 Å². The van der Waals surface area contributed by atoms with Gasteiger partial charge >= 0.3 is 5.97 Å². The van der Waals surface area contributed by atoms with Crippen LogP contribution in [0.2, 0.25) is 0 Å². The Morgan fingerprint density at radius 2 is 2.33 bits per heavy atom. The molecule has 0 aliphatic carbocycles. The molecule has 0 saturated heterocycles. The summed E-state index contributed by atoms with van der Waals surface area (Å²) >= 11 is 0. The van der Waals surface area contributed by atoms with Gasteiger partial charge in [0.15, 0.2) is 5.82 Å². The van der Waals surface area contributed by atoms with Gasteiger partial charge in [-0.1, -0.05) is 5.16 Å². The number of carboxylic acid groups (broad SMARTS) is 1. The van der Waals surface area contributed by atoms with Gasteiger partial charge in [0, 0.05) is 18.3 Å². The second-order valence-electron chi connectivity index (χ2n) is 3.69. The lowest BCUT2D eigenvalue weighted by molar-refractivity contribution is 0.0698. The van der Waals surface area contributed by atoms with Gasteiger partial charge < -0.3 is 20.7 Å². The molecule has 2 aromatic rings. The van der Waals surface area contributed by atoms with Crippen LogP contribution in [0.5, 0.6) is 0 Å². The molecule has 1 aromatic carbocycles. The van der Waals surface area contributed by atoms with Crippen LogP contribution in [0.25, 0.3) is 0 Å². The van der Waals surface area contributed by atoms with E-state index in [-0.39, 0.29) is 11.3 Å². The van der Waals surface area contributed by atoms with Crippen LogP contribution in [0, 0.1) is 6.92 Å². The molecular formula is C11H12N4O3. The highest BCUT2D eigenvalue weighted by atomic mass is 16.5. The summed E-state index contributed by atoms with van der Waals surface area (Å²) < 4.78 is 4.82. The fraction of sp³-hybridized carbons (Fsp3) is 0.182. The zero-order chi connectivity index (χ0) is 13.1. The highest BCUT2D eigenvalue weighted by Gasteiger charge is 2.08. The maximum absolute atomic E-state index is 10.8. The first-order valence-electron chi connectivity index (χ1n) is 5.22. The number of aryl methyl sites for hydroxylation is 1. The highest BCUT2D eigenvalue weighted by Crippen LogP contribution is 2.18. The van der Waals surface area contributed by atoms with Crippen molar-refractivity contribution in [2.75, 3.05) is 11.1 Å². The summed E-state index contributed by atoms with van der Waals surface area (Å²) in [4.78, 5) is 14.8. The van der Waals surface area contributed by atoms with Crippen LogP contribution in [-0.4, -0.2) is 21.2 Å². The van der Waals surface area contributed by atoms with Crippen molar-refractivity contribution in [1.82, 2.24) is 10.1 Å². The molecule has 0 saturated carbocycles. The molecule has 0 aliphatic rings. The normalized spacial score (nSPS) is 10.3. The Morgan fingerprint density at radius 3 is 2.89 bits per heavy atom. The van der Waals surface area contributed by atoms with E-state index in [1.807, 2.05) is 0 Å². The predicted molar refractivity (Wildman–Crippen MR) is 64.2 cm³/mol. The minimum Gasteiger partial charge on any atom is -0.478 e. The fourth-order valence-corrected chi connectivity index (χ4v) is 1.46. The molecule has 0 fully saturated rings. The number of hydrogen-bond acceptors (Lipinski definition) is 6. The van der Waals surface area contributed by atoms with E-state index in [1.165, 1.54) is 6.07 Å². The monoisotopic (exact) mass is 248 g/mol. The lowest BCUT2D eigenvalue weighted by Crippen LogP contribution is -2.05. The number of carbonyl (C=O) groups is 1. The minimum absolute atomic E-state index is 0.0796. The van der Waals surface area contributed by atoms with E-state index in [0.29, 0.717) is 23.9 Å². The van der Waals surface area contributed by atoms with Crippen LogP contribution < -0.4 is 11.1 Å². The SMILES string of the molecule is Cc1nc(CNc2ccc(C(=O)O)c(N)c2)no1. The van der Waals surface area contributed by atoms with Gasteiger partial charge in [-0.2, -0.15) is 4.98 Å². The van der Waals surface area contributed by atoms with E-state index in [9.17, 15) is 4.79 Å². The van der Waals surface area contributed by atoms with Crippen molar-refractivity contribution in [1.29, 1.82) is 0 Å². The third kappa shape index (κ3) is 2.57. The number of nitrogens with one attached hydrogen (secondary N) is 1. The van der Waals surface area contributed by atoms with Crippen molar-refractivity contribution >= 4 is 17.3 Å². The number of benzene rings is 1. The number of nitrogens with two attached hydrogens (primary N) is 1. The summed E-state index contributed by atoms with van der Waals surface area (Å²) in [5.74, 6) is -0.0336. The second kappa shape index (κ2) is 4.74. The molecule has 4 N–H and O–H groups in total. The summed E-state index contributed by atoms with van der Waals surface area (Å²) in [6.07, 6.45) is 0. The van der Waals surface area contributed by atoms with Crippen LogP contribution in [-0.2, 0) is 6.54 Å². The van der Waals surface area contributed by atoms with Crippen molar-refractivity contribution in [2.24, 2.45) is 0 Å². The minimum atomic E-state index is -1.05. The van der Waals surface area contributed by atoms with Crippen LogP contribution in [0.3, 0.4) is 0 Å². The molecule has 7 heteroatoms. The number of hydrogen-bond donors (Lipinski definition) is 3. The molecule has 1 aromatic heterocycles. The average Bonchev–Trinajstić information content (AvgIpc) is 2.72. The standard InChI is InChI=1S/C11H12N4O3/c1-6-14-10(15-18-6)5-13-7-2-3-8(11(16)17)9(12)4-7/h2-4,13H,5,12H2,1H3,(H,16,17). The zero-order valence-corrected chi connectivity index (χ0v) is 9.67. The van der Waals surface area contributed by atoms with Gasteiger partial charge in [-0.25, -0.2) is 4.79 Å². The van der Waals surface area contributed by atoms with Crippen LogP contribution >= 0.6 is 0 Å². The molecule has 0 amide bonds. The van der Waals surface area contributed by atoms with Gasteiger partial charge in [0.1, 0.15) is 0 Å². The molecule has 7 nitrogen and oxygen atoms in total. The quantitative estimate of drug-likeness (QED) is 0.698. The van der Waals surface area contributed by atoms with E-state index < -0.39 is 5.97 Å². The van der Waals surface area contributed by atoms with Crippen molar-refractivity contribution in [3.05, 3.63) is 35.5 Å². The third-order valence-corrected chi connectivity index (χ3v) is 2.30.